The van der Waals surface area contributed by atoms with E-state index in [-0.39, 0.29) is 12.4 Å². The van der Waals surface area contributed by atoms with Gasteiger partial charge in [0.2, 0.25) is 0 Å². The summed E-state index contributed by atoms with van der Waals surface area (Å²) in [6.45, 7) is 2.28. The minimum Gasteiger partial charge on any atom is -0.327 e. The van der Waals surface area contributed by atoms with Crippen LogP contribution in [0.5, 0.6) is 0 Å². The fourth-order valence-corrected chi connectivity index (χ4v) is 3.67. The van der Waals surface area contributed by atoms with E-state index in [0.717, 1.165) is 12.8 Å². The first-order valence-electron chi connectivity index (χ1n) is 11.8. The fourth-order valence-electron chi connectivity index (χ4n) is 3.67. The third kappa shape index (κ3) is 17.3. The molecule has 0 fully saturated rings. The van der Waals surface area contributed by atoms with Crippen LogP contribution in [0, 0.1) is 0 Å². The van der Waals surface area contributed by atoms with Gasteiger partial charge in [-0.2, -0.15) is 0 Å². The van der Waals surface area contributed by atoms with Crippen molar-refractivity contribution in [3.05, 3.63) is 48.0 Å². The average Bonchev–Trinajstić information content (AvgIpc) is 2.68. The molecule has 1 rings (SSSR count). The van der Waals surface area contributed by atoms with Gasteiger partial charge in [0.15, 0.2) is 0 Å². The molecule has 0 aliphatic rings. The highest BCUT2D eigenvalue weighted by Crippen LogP contribution is 2.12. The molecule has 1 nitrogen and oxygen atoms in total. The fraction of sp³-hybridized carbons (Fsp3) is 0.692. The number of unbranched alkanes of at least 4 members (excludes halogenated alkanes) is 12. The van der Waals surface area contributed by atoms with Gasteiger partial charge in [0.25, 0.3) is 0 Å². The Kier molecular flexibility index (Phi) is 20.3. The summed E-state index contributed by atoms with van der Waals surface area (Å²) in [5.74, 6) is 0. The van der Waals surface area contributed by atoms with E-state index < -0.39 is 0 Å². The number of rotatable bonds is 18. The Morgan fingerprint density at radius 3 is 1.79 bits per heavy atom. The summed E-state index contributed by atoms with van der Waals surface area (Å²) in [6, 6.07) is 11.0. The van der Waals surface area contributed by atoms with Crippen molar-refractivity contribution in [2.45, 2.75) is 116 Å². The van der Waals surface area contributed by atoms with Crippen LogP contribution in [0.15, 0.2) is 42.5 Å². The standard InChI is InChI=1S/C26H45N.ClH/c1-2-3-4-5-6-7-8-9-10-11-12-13-14-15-16-20-23-26(27)24-25-21-18-17-19-22-25;/h9-10,17-19,21-22,26H,2-8,11-16,20,23-24,27H2,1H3;1H/b10-9-;. The van der Waals surface area contributed by atoms with Crippen molar-refractivity contribution in [1.29, 1.82) is 0 Å². The highest BCUT2D eigenvalue weighted by Gasteiger charge is 2.03. The monoisotopic (exact) mass is 407 g/mol. The van der Waals surface area contributed by atoms with Crippen LogP contribution in [0.25, 0.3) is 0 Å². The van der Waals surface area contributed by atoms with Crippen molar-refractivity contribution < 1.29 is 0 Å². The molecule has 0 heterocycles. The maximum absolute atomic E-state index is 6.26. The molecular weight excluding hydrogens is 362 g/mol. The maximum Gasteiger partial charge on any atom is 0.00793 e. The molecule has 162 valence electrons. The van der Waals surface area contributed by atoms with Crippen LogP contribution in [0.2, 0.25) is 0 Å². The van der Waals surface area contributed by atoms with E-state index in [0.29, 0.717) is 6.04 Å². The van der Waals surface area contributed by atoms with E-state index in [2.05, 4.69) is 49.4 Å². The molecule has 1 aromatic rings. The summed E-state index contributed by atoms with van der Waals surface area (Å²) in [7, 11) is 0. The minimum absolute atomic E-state index is 0. The Morgan fingerprint density at radius 2 is 1.21 bits per heavy atom. The molecule has 0 amide bonds. The van der Waals surface area contributed by atoms with Gasteiger partial charge in [-0.25, -0.2) is 0 Å². The smallest absolute Gasteiger partial charge is 0.00793 e. The number of nitrogens with two attached hydrogens (primary N) is 1. The molecule has 0 aliphatic carbocycles. The zero-order valence-electron chi connectivity index (χ0n) is 18.4. The molecule has 0 spiro atoms. The molecule has 28 heavy (non-hydrogen) atoms. The average molecular weight is 408 g/mol. The van der Waals surface area contributed by atoms with Crippen LogP contribution >= 0.6 is 12.4 Å². The third-order valence-electron chi connectivity index (χ3n) is 5.43. The summed E-state index contributed by atoms with van der Waals surface area (Å²) in [4.78, 5) is 0. The highest BCUT2D eigenvalue weighted by atomic mass is 35.5. The van der Waals surface area contributed by atoms with E-state index in [1.165, 1.54) is 95.5 Å². The van der Waals surface area contributed by atoms with Crippen LogP contribution < -0.4 is 5.73 Å². The molecule has 0 saturated carbocycles. The zero-order valence-corrected chi connectivity index (χ0v) is 19.2. The van der Waals surface area contributed by atoms with E-state index in [1.807, 2.05) is 0 Å². The van der Waals surface area contributed by atoms with Crippen molar-refractivity contribution in [1.82, 2.24) is 0 Å². The van der Waals surface area contributed by atoms with Crippen molar-refractivity contribution in [2.24, 2.45) is 5.73 Å². The van der Waals surface area contributed by atoms with Gasteiger partial charge in [-0.15, -0.1) is 12.4 Å². The quantitative estimate of drug-likeness (QED) is 0.192. The normalized spacial score (nSPS) is 12.2. The number of benzene rings is 1. The molecule has 0 aliphatic heterocycles. The Balaban J connectivity index is 0.00000729. The van der Waals surface area contributed by atoms with Gasteiger partial charge in [-0.1, -0.05) is 114 Å². The van der Waals surface area contributed by atoms with Gasteiger partial charge in [-0.05, 0) is 44.1 Å². The zero-order chi connectivity index (χ0) is 19.4. The Labute approximate surface area is 182 Å². The Morgan fingerprint density at radius 1 is 0.714 bits per heavy atom. The third-order valence-corrected chi connectivity index (χ3v) is 5.43. The van der Waals surface area contributed by atoms with E-state index in [9.17, 15) is 0 Å². The van der Waals surface area contributed by atoms with Crippen molar-refractivity contribution in [3.8, 4) is 0 Å². The van der Waals surface area contributed by atoms with Gasteiger partial charge in [-0.3, -0.25) is 0 Å². The second kappa shape index (κ2) is 20.9. The molecule has 1 unspecified atom stereocenters. The largest absolute Gasteiger partial charge is 0.327 e. The first-order chi connectivity index (χ1) is 13.3. The predicted molar refractivity (Wildman–Crippen MR) is 129 cm³/mol. The number of halogens is 1. The minimum atomic E-state index is 0. The molecule has 0 radical (unpaired) electrons. The predicted octanol–water partition coefficient (Wildman–Crippen LogP) is 8.41. The van der Waals surface area contributed by atoms with Crippen LogP contribution in [-0.2, 0) is 6.42 Å². The number of hydrogen-bond acceptors (Lipinski definition) is 1. The molecule has 1 aromatic carbocycles. The highest BCUT2D eigenvalue weighted by molar-refractivity contribution is 5.85. The van der Waals surface area contributed by atoms with Crippen LogP contribution in [0.4, 0.5) is 0 Å². The van der Waals surface area contributed by atoms with Crippen LogP contribution in [0.3, 0.4) is 0 Å². The molecule has 0 saturated heterocycles. The Bertz CT molecular complexity index is 443. The van der Waals surface area contributed by atoms with Gasteiger partial charge in [0.1, 0.15) is 0 Å². The molecular formula is C26H46ClN. The molecule has 0 aromatic heterocycles. The first kappa shape index (κ1) is 27.2. The summed E-state index contributed by atoms with van der Waals surface area (Å²) < 4.78 is 0. The molecule has 2 N–H and O–H groups in total. The Hall–Kier alpha value is -0.790. The first-order valence-corrected chi connectivity index (χ1v) is 11.8. The van der Waals surface area contributed by atoms with E-state index in [1.54, 1.807) is 0 Å². The lowest BCUT2D eigenvalue weighted by Crippen LogP contribution is -2.22. The lowest BCUT2D eigenvalue weighted by molar-refractivity contribution is 0.530. The lowest BCUT2D eigenvalue weighted by atomic mass is 10.0. The second-order valence-electron chi connectivity index (χ2n) is 8.18. The summed E-state index contributed by atoms with van der Waals surface area (Å²) in [5.41, 5.74) is 7.63. The van der Waals surface area contributed by atoms with Crippen molar-refractivity contribution in [2.75, 3.05) is 0 Å². The summed E-state index contributed by atoms with van der Waals surface area (Å²) >= 11 is 0. The summed E-state index contributed by atoms with van der Waals surface area (Å²) in [6.07, 6.45) is 26.1. The van der Waals surface area contributed by atoms with Gasteiger partial charge in [0, 0.05) is 6.04 Å². The topological polar surface area (TPSA) is 26.0 Å². The molecule has 1 atom stereocenters. The SMILES string of the molecule is CCCCCCCC/C=C\CCCCCCCCC(N)Cc1ccccc1.Cl. The van der Waals surface area contributed by atoms with E-state index >= 15 is 0 Å². The second-order valence-corrected chi connectivity index (χ2v) is 8.18. The van der Waals surface area contributed by atoms with E-state index in [4.69, 9.17) is 5.73 Å². The lowest BCUT2D eigenvalue weighted by Gasteiger charge is -2.11. The van der Waals surface area contributed by atoms with Crippen molar-refractivity contribution >= 4 is 12.4 Å². The number of hydrogen-bond donors (Lipinski definition) is 1. The van der Waals surface area contributed by atoms with Gasteiger partial charge >= 0.3 is 0 Å². The van der Waals surface area contributed by atoms with Gasteiger partial charge < -0.3 is 5.73 Å². The molecule has 2 heteroatoms. The van der Waals surface area contributed by atoms with Gasteiger partial charge in [0.05, 0.1) is 0 Å². The van der Waals surface area contributed by atoms with Crippen molar-refractivity contribution in [3.63, 3.8) is 0 Å². The van der Waals surface area contributed by atoms with Crippen LogP contribution in [0.1, 0.15) is 109 Å². The van der Waals surface area contributed by atoms with Crippen LogP contribution in [-0.4, -0.2) is 6.04 Å². The summed E-state index contributed by atoms with van der Waals surface area (Å²) in [5, 5.41) is 0. The number of allylic oxidation sites excluding steroid dienone is 2. The molecule has 0 bridgehead atoms. The maximum atomic E-state index is 6.26.